The van der Waals surface area contributed by atoms with E-state index in [-0.39, 0.29) is 0 Å². The molecule has 0 amide bonds. The fourth-order valence-corrected chi connectivity index (χ4v) is 2.78. The second-order valence-electron chi connectivity index (χ2n) is 5.88. The average molecular weight is 312 g/mol. The maximum atomic E-state index is 6.11. The van der Waals surface area contributed by atoms with Crippen LogP contribution in [0.15, 0.2) is 89.3 Å². The zero-order valence-electron chi connectivity index (χ0n) is 13.5. The Labute approximate surface area is 140 Å². The van der Waals surface area contributed by atoms with Gasteiger partial charge in [0.25, 0.3) is 0 Å². The molecule has 1 aromatic heterocycles. The van der Waals surface area contributed by atoms with Crippen LogP contribution in [0.25, 0.3) is 22.3 Å². The lowest BCUT2D eigenvalue weighted by molar-refractivity contribution is -0.400. The fraction of sp³-hybridized carbons (Fsp3) is 0.0455. The molecule has 0 spiro atoms. The van der Waals surface area contributed by atoms with Gasteiger partial charge in [0.1, 0.15) is 11.3 Å². The van der Waals surface area contributed by atoms with Gasteiger partial charge < -0.3 is 4.42 Å². The Morgan fingerprint density at radius 3 is 2.25 bits per heavy atom. The van der Waals surface area contributed by atoms with Crippen LogP contribution in [0, 0.1) is 6.92 Å². The van der Waals surface area contributed by atoms with Crippen LogP contribution in [0.5, 0.6) is 0 Å². The molecule has 0 aliphatic carbocycles. The Kier molecular flexibility index (Phi) is 3.72. The lowest BCUT2D eigenvalue weighted by atomic mass is 10.1. The zero-order valence-corrected chi connectivity index (χ0v) is 13.5. The summed E-state index contributed by atoms with van der Waals surface area (Å²) in [5.41, 5.74) is 4.25. The standard InChI is InChI=1S/C22H17NO/c1-16-11-13-18(14-12-16)23-20-15-22(17-7-3-2-4-8-17)24-21-10-6-5-9-19(20)21/h2-15H,1H3/p+1. The minimum absolute atomic E-state index is 0.851. The van der Waals surface area contributed by atoms with Crippen LogP contribution in [-0.4, -0.2) is 0 Å². The molecule has 0 bridgehead atoms. The number of hydrogen-bond donors (Lipinski definition) is 1. The molecule has 3 aromatic carbocycles. The molecule has 0 radical (unpaired) electrons. The quantitative estimate of drug-likeness (QED) is 0.600. The summed E-state index contributed by atoms with van der Waals surface area (Å²) in [4.78, 5) is 3.52. The smallest absolute Gasteiger partial charge is 0.218 e. The van der Waals surface area contributed by atoms with Crippen LogP contribution < -0.4 is 10.3 Å². The van der Waals surface area contributed by atoms with Gasteiger partial charge in [-0.1, -0.05) is 60.2 Å². The van der Waals surface area contributed by atoms with Crippen molar-refractivity contribution in [2.75, 3.05) is 0 Å². The van der Waals surface area contributed by atoms with Crippen LogP contribution in [0.4, 0.5) is 5.69 Å². The van der Waals surface area contributed by atoms with Crippen molar-refractivity contribution in [1.82, 2.24) is 0 Å². The third kappa shape index (κ3) is 2.86. The average Bonchev–Trinajstić information content (AvgIpc) is 2.64. The van der Waals surface area contributed by atoms with E-state index < -0.39 is 0 Å². The molecule has 2 heteroatoms. The predicted octanol–water partition coefficient (Wildman–Crippen LogP) is 3.72. The van der Waals surface area contributed by atoms with Crippen molar-refractivity contribution in [2.45, 2.75) is 6.92 Å². The SMILES string of the molecule is Cc1ccc([NH+]=c2cc(-c3ccccc3)oc3ccccc23)cc1. The normalized spacial score (nSPS) is 11.8. The summed E-state index contributed by atoms with van der Waals surface area (Å²) in [7, 11) is 0. The Balaban J connectivity index is 1.98. The van der Waals surface area contributed by atoms with E-state index in [1.165, 1.54) is 5.56 Å². The van der Waals surface area contributed by atoms with Gasteiger partial charge >= 0.3 is 0 Å². The van der Waals surface area contributed by atoms with E-state index in [1.807, 2.05) is 36.4 Å². The molecular formula is C22H18NO+. The van der Waals surface area contributed by atoms with E-state index in [9.17, 15) is 0 Å². The molecule has 4 rings (SSSR count). The maximum Gasteiger partial charge on any atom is 0.218 e. The van der Waals surface area contributed by atoms with Crippen molar-refractivity contribution >= 4 is 16.7 Å². The first-order chi connectivity index (χ1) is 11.8. The Hall–Kier alpha value is -3.13. The molecule has 24 heavy (non-hydrogen) atoms. The highest BCUT2D eigenvalue weighted by molar-refractivity contribution is 5.77. The Morgan fingerprint density at radius 2 is 1.46 bits per heavy atom. The lowest BCUT2D eigenvalue weighted by Crippen LogP contribution is -2.70. The number of benzene rings is 3. The molecule has 0 saturated heterocycles. The molecule has 1 N–H and O–H groups in total. The van der Waals surface area contributed by atoms with E-state index in [0.29, 0.717) is 0 Å². The van der Waals surface area contributed by atoms with Crippen LogP contribution in [0.3, 0.4) is 0 Å². The topological polar surface area (TPSA) is 27.1 Å². The molecule has 0 aliphatic heterocycles. The molecule has 0 unspecified atom stereocenters. The summed E-state index contributed by atoms with van der Waals surface area (Å²) in [6, 6.07) is 28.7. The maximum absolute atomic E-state index is 6.11. The van der Waals surface area contributed by atoms with Crippen molar-refractivity contribution in [1.29, 1.82) is 0 Å². The highest BCUT2D eigenvalue weighted by Gasteiger charge is 2.08. The van der Waals surface area contributed by atoms with Crippen molar-refractivity contribution in [3.63, 3.8) is 0 Å². The van der Waals surface area contributed by atoms with E-state index in [4.69, 9.17) is 4.42 Å². The number of fused-ring (bicyclic) bond motifs is 1. The summed E-state index contributed by atoms with van der Waals surface area (Å²) in [5, 5.41) is 2.11. The first-order valence-corrected chi connectivity index (χ1v) is 8.04. The molecule has 116 valence electrons. The largest absolute Gasteiger partial charge is 0.456 e. The van der Waals surface area contributed by atoms with Crippen LogP contribution in [0.2, 0.25) is 0 Å². The monoisotopic (exact) mass is 312 g/mol. The summed E-state index contributed by atoms with van der Waals surface area (Å²) >= 11 is 0. The van der Waals surface area contributed by atoms with Gasteiger partial charge in [-0.05, 0) is 19.1 Å². The van der Waals surface area contributed by atoms with Gasteiger partial charge in [-0.3, -0.25) is 0 Å². The van der Waals surface area contributed by atoms with Gasteiger partial charge in [0.2, 0.25) is 11.0 Å². The number of aryl methyl sites for hydroxylation is 1. The van der Waals surface area contributed by atoms with Gasteiger partial charge in [0.15, 0.2) is 0 Å². The highest BCUT2D eigenvalue weighted by atomic mass is 16.3. The number of hydrogen-bond acceptors (Lipinski definition) is 1. The summed E-state index contributed by atoms with van der Waals surface area (Å²) in [6.45, 7) is 2.09. The van der Waals surface area contributed by atoms with Gasteiger partial charge in [-0.15, -0.1) is 0 Å². The molecule has 0 atom stereocenters. The van der Waals surface area contributed by atoms with Crippen molar-refractivity contribution in [3.8, 4) is 11.3 Å². The first-order valence-electron chi connectivity index (χ1n) is 8.04. The van der Waals surface area contributed by atoms with Gasteiger partial charge in [-0.25, -0.2) is 4.99 Å². The van der Waals surface area contributed by atoms with E-state index in [1.54, 1.807) is 0 Å². The molecule has 0 fully saturated rings. The minimum atomic E-state index is 0.851. The number of rotatable bonds is 2. The van der Waals surface area contributed by atoms with E-state index in [2.05, 4.69) is 60.4 Å². The van der Waals surface area contributed by atoms with Gasteiger partial charge in [-0.2, -0.15) is 0 Å². The molecule has 1 heterocycles. The lowest BCUT2D eigenvalue weighted by Gasteiger charge is -2.02. The summed E-state index contributed by atoms with van der Waals surface area (Å²) in [5.74, 6) is 0.851. The third-order valence-electron chi connectivity index (χ3n) is 4.06. The molecular weight excluding hydrogens is 294 g/mol. The van der Waals surface area contributed by atoms with Gasteiger partial charge in [0.05, 0.1) is 11.5 Å². The molecule has 0 aliphatic rings. The molecule has 0 saturated carbocycles. The van der Waals surface area contributed by atoms with Crippen molar-refractivity contribution in [2.24, 2.45) is 0 Å². The van der Waals surface area contributed by atoms with Crippen LogP contribution in [-0.2, 0) is 0 Å². The first kappa shape index (κ1) is 14.5. The predicted molar refractivity (Wildman–Crippen MR) is 96.6 cm³/mol. The van der Waals surface area contributed by atoms with Crippen LogP contribution in [0.1, 0.15) is 5.56 Å². The van der Waals surface area contributed by atoms with Crippen molar-refractivity contribution < 1.29 is 9.41 Å². The summed E-state index contributed by atoms with van der Waals surface area (Å²) < 4.78 is 6.11. The number of para-hydroxylation sites is 1. The third-order valence-corrected chi connectivity index (χ3v) is 4.06. The Bertz CT molecular complexity index is 1040. The van der Waals surface area contributed by atoms with E-state index >= 15 is 0 Å². The number of nitrogens with one attached hydrogen (secondary N) is 1. The second-order valence-corrected chi connectivity index (χ2v) is 5.88. The fourth-order valence-electron chi connectivity index (χ4n) is 2.78. The Morgan fingerprint density at radius 1 is 0.750 bits per heavy atom. The van der Waals surface area contributed by atoms with Crippen LogP contribution >= 0.6 is 0 Å². The van der Waals surface area contributed by atoms with Crippen molar-refractivity contribution in [3.05, 3.63) is 95.8 Å². The molecule has 4 aromatic rings. The minimum Gasteiger partial charge on any atom is -0.456 e. The van der Waals surface area contributed by atoms with Gasteiger partial charge in [0, 0.05) is 17.7 Å². The van der Waals surface area contributed by atoms with E-state index in [0.717, 1.165) is 33.3 Å². The summed E-state index contributed by atoms with van der Waals surface area (Å²) in [6.07, 6.45) is 0. The highest BCUT2D eigenvalue weighted by Crippen LogP contribution is 2.21. The zero-order chi connectivity index (χ0) is 16.4. The second kappa shape index (κ2) is 6.17. The molecule has 2 nitrogen and oxygen atoms in total.